The van der Waals surface area contributed by atoms with E-state index in [2.05, 4.69) is 24.3 Å². The van der Waals surface area contributed by atoms with Crippen molar-refractivity contribution in [2.45, 2.75) is 13.8 Å². The van der Waals surface area contributed by atoms with Gasteiger partial charge >= 0.3 is 0 Å². The molecule has 178 valence electrons. The number of hydrogen-bond acceptors (Lipinski definition) is 1. The Kier molecular flexibility index (Phi) is 6.55. The first-order valence-corrected chi connectivity index (χ1v) is 12.1. The van der Waals surface area contributed by atoms with Crippen LogP contribution >= 0.6 is 11.6 Å². The number of ether oxygens (including phenoxy) is 1. The lowest BCUT2D eigenvalue weighted by Gasteiger charge is -2.23. The number of methoxy groups -OCH3 is 1. The van der Waals surface area contributed by atoms with Crippen LogP contribution in [0.1, 0.15) is 11.1 Å². The molecule has 0 saturated heterocycles. The molecule has 0 spiro atoms. The lowest BCUT2D eigenvalue weighted by molar-refractivity contribution is 0.416. The van der Waals surface area contributed by atoms with Crippen LogP contribution in [0.2, 0.25) is 5.02 Å². The van der Waals surface area contributed by atoms with E-state index >= 15 is 0 Å². The van der Waals surface area contributed by atoms with E-state index in [4.69, 9.17) is 16.3 Å². The molecule has 1 nitrogen and oxygen atoms in total. The maximum atomic E-state index is 14.1. The number of hydrogen-bond donors (Lipinski definition) is 0. The van der Waals surface area contributed by atoms with E-state index < -0.39 is 0 Å². The molecule has 0 heterocycles. The van der Waals surface area contributed by atoms with E-state index in [1.54, 1.807) is 19.2 Å². The molecule has 0 saturated carbocycles. The van der Waals surface area contributed by atoms with Crippen molar-refractivity contribution in [2.24, 2.45) is 0 Å². The maximum Gasteiger partial charge on any atom is 0.242 e. The molecule has 0 radical (unpaired) electrons. The number of halogens is 3. The number of rotatable bonds is 5. The molecule has 5 rings (SSSR count). The van der Waals surface area contributed by atoms with Crippen molar-refractivity contribution in [1.29, 1.82) is 0 Å². The molecular formula is C31H24BClF2O. The van der Waals surface area contributed by atoms with Gasteiger partial charge in [-0.1, -0.05) is 87.6 Å². The Morgan fingerprint density at radius 3 is 1.78 bits per heavy atom. The fourth-order valence-electron chi connectivity index (χ4n) is 5.13. The van der Waals surface area contributed by atoms with Crippen LogP contribution < -0.4 is 21.1 Å². The minimum absolute atomic E-state index is 0.211. The van der Waals surface area contributed by atoms with Gasteiger partial charge in [0, 0.05) is 10.6 Å². The molecule has 0 aliphatic heterocycles. The van der Waals surface area contributed by atoms with Crippen molar-refractivity contribution >= 4 is 45.5 Å². The van der Waals surface area contributed by atoms with Gasteiger partial charge in [0.1, 0.15) is 17.4 Å². The summed E-state index contributed by atoms with van der Waals surface area (Å²) in [5, 5.41) is 2.72. The summed E-state index contributed by atoms with van der Waals surface area (Å²) in [6.07, 6.45) is 0. The highest BCUT2D eigenvalue weighted by molar-refractivity contribution is 6.97. The molecule has 0 N–H and O–H groups in total. The summed E-state index contributed by atoms with van der Waals surface area (Å²) in [7, 11) is 1.64. The van der Waals surface area contributed by atoms with Crippen molar-refractivity contribution in [2.75, 3.05) is 7.11 Å². The van der Waals surface area contributed by atoms with Crippen molar-refractivity contribution in [3.8, 4) is 16.9 Å². The van der Waals surface area contributed by atoms with E-state index in [9.17, 15) is 8.78 Å². The summed E-state index contributed by atoms with van der Waals surface area (Å²) in [6, 6.07) is 27.8. The van der Waals surface area contributed by atoms with E-state index in [1.807, 2.05) is 56.3 Å². The summed E-state index contributed by atoms with van der Waals surface area (Å²) in [4.78, 5) is 0. The van der Waals surface area contributed by atoms with Crippen LogP contribution in [0.15, 0.2) is 91.0 Å². The Labute approximate surface area is 215 Å². The van der Waals surface area contributed by atoms with Crippen LogP contribution in [0, 0.1) is 25.5 Å². The molecule has 0 fully saturated rings. The van der Waals surface area contributed by atoms with Crippen molar-refractivity contribution in [3.05, 3.63) is 119 Å². The van der Waals surface area contributed by atoms with Crippen molar-refractivity contribution < 1.29 is 13.5 Å². The highest BCUT2D eigenvalue weighted by atomic mass is 35.5. The minimum Gasteiger partial charge on any atom is -0.496 e. The molecule has 5 heteroatoms. The highest BCUT2D eigenvalue weighted by Crippen LogP contribution is 2.36. The van der Waals surface area contributed by atoms with Crippen LogP contribution in [0.25, 0.3) is 21.9 Å². The molecule has 36 heavy (non-hydrogen) atoms. The van der Waals surface area contributed by atoms with Gasteiger partial charge in [0.15, 0.2) is 0 Å². The third-order valence-electron chi connectivity index (χ3n) is 6.81. The van der Waals surface area contributed by atoms with Crippen LogP contribution in [0.3, 0.4) is 0 Å². The average Bonchev–Trinajstić information content (AvgIpc) is 2.86. The van der Waals surface area contributed by atoms with Gasteiger partial charge in [-0.05, 0) is 72.6 Å². The quantitative estimate of drug-likeness (QED) is 0.250. The second kappa shape index (κ2) is 9.79. The second-order valence-electron chi connectivity index (χ2n) is 9.03. The minimum atomic E-state index is -0.277. The zero-order chi connectivity index (χ0) is 25.4. The van der Waals surface area contributed by atoms with Crippen LogP contribution in [-0.2, 0) is 0 Å². The van der Waals surface area contributed by atoms with Crippen LogP contribution in [-0.4, -0.2) is 13.8 Å². The second-order valence-corrected chi connectivity index (χ2v) is 9.46. The average molecular weight is 497 g/mol. The SMILES string of the molecule is COc1cc(Cl)ccc1-c1ccc(B(c2ccc(F)cc2C)c2ccc(F)cc2C)c2ccccc12. The first kappa shape index (κ1) is 24.1. The Hall–Kier alpha value is -3.63. The van der Waals surface area contributed by atoms with E-state index in [1.165, 1.54) is 12.1 Å². The first-order valence-electron chi connectivity index (χ1n) is 11.7. The first-order chi connectivity index (χ1) is 17.4. The van der Waals surface area contributed by atoms with Crippen molar-refractivity contribution in [3.63, 3.8) is 0 Å². The zero-order valence-electron chi connectivity index (χ0n) is 20.3. The highest BCUT2D eigenvalue weighted by Gasteiger charge is 2.28. The molecule has 0 aromatic heterocycles. The Morgan fingerprint density at radius 2 is 1.19 bits per heavy atom. The molecule has 0 atom stereocenters. The molecule has 5 aromatic carbocycles. The van der Waals surface area contributed by atoms with Gasteiger partial charge in [-0.3, -0.25) is 0 Å². The Bertz CT molecular complexity index is 1550. The Morgan fingerprint density at radius 1 is 0.639 bits per heavy atom. The molecule has 0 aliphatic rings. The van der Waals surface area contributed by atoms with E-state index in [0.717, 1.165) is 49.4 Å². The predicted molar refractivity (Wildman–Crippen MR) is 148 cm³/mol. The van der Waals surface area contributed by atoms with E-state index in [0.29, 0.717) is 10.8 Å². The number of fused-ring (bicyclic) bond motifs is 1. The van der Waals surface area contributed by atoms with Gasteiger partial charge in [0.25, 0.3) is 0 Å². The lowest BCUT2D eigenvalue weighted by atomic mass is 9.35. The predicted octanol–water partition coefficient (Wildman–Crippen LogP) is 6.58. The van der Waals surface area contributed by atoms with E-state index in [-0.39, 0.29) is 18.3 Å². The molecule has 0 bridgehead atoms. The maximum absolute atomic E-state index is 14.1. The summed E-state index contributed by atoms with van der Waals surface area (Å²) in [5.41, 5.74) is 6.67. The molecule has 0 unspecified atom stereocenters. The van der Waals surface area contributed by atoms with Gasteiger partial charge in [-0.2, -0.15) is 0 Å². The fraction of sp³-hybridized carbons (Fsp3) is 0.0968. The standard InChI is InChI=1S/C31H24BClF2O/c1-19-16-22(34)9-13-28(19)32(29-14-10-23(35)17-20(29)2)30-15-12-25(24-6-4-5-7-26(24)30)27-11-8-21(33)18-31(27)36-3/h4-18H,1-3H3. The molecule has 0 amide bonds. The van der Waals surface area contributed by atoms with Gasteiger partial charge in [-0.15, -0.1) is 0 Å². The summed E-state index contributed by atoms with van der Waals surface area (Å²) in [5.74, 6) is 0.141. The third-order valence-corrected chi connectivity index (χ3v) is 7.04. The van der Waals surface area contributed by atoms with Gasteiger partial charge in [0.2, 0.25) is 6.71 Å². The van der Waals surface area contributed by atoms with Crippen LogP contribution in [0.4, 0.5) is 8.78 Å². The summed E-state index contributed by atoms with van der Waals surface area (Å²) in [6.45, 7) is 3.62. The smallest absolute Gasteiger partial charge is 0.242 e. The lowest BCUT2D eigenvalue weighted by Crippen LogP contribution is -2.54. The fourth-order valence-corrected chi connectivity index (χ4v) is 5.29. The monoisotopic (exact) mass is 496 g/mol. The topological polar surface area (TPSA) is 9.23 Å². The van der Waals surface area contributed by atoms with Gasteiger partial charge in [-0.25, -0.2) is 8.78 Å². The largest absolute Gasteiger partial charge is 0.496 e. The Balaban J connectivity index is 1.81. The van der Waals surface area contributed by atoms with Crippen LogP contribution in [0.5, 0.6) is 5.75 Å². The number of aryl methyl sites for hydroxylation is 2. The summed E-state index contributed by atoms with van der Waals surface area (Å²) >= 11 is 6.22. The normalized spacial score (nSPS) is 11.1. The number of benzene rings is 5. The van der Waals surface area contributed by atoms with Gasteiger partial charge < -0.3 is 4.74 Å². The zero-order valence-corrected chi connectivity index (χ0v) is 21.0. The molecule has 0 aliphatic carbocycles. The molecular weight excluding hydrogens is 473 g/mol. The van der Waals surface area contributed by atoms with Gasteiger partial charge in [0.05, 0.1) is 7.11 Å². The molecule has 5 aromatic rings. The van der Waals surface area contributed by atoms with Crippen molar-refractivity contribution in [1.82, 2.24) is 0 Å². The third kappa shape index (κ3) is 4.38. The summed E-state index contributed by atoms with van der Waals surface area (Å²) < 4.78 is 33.8.